The molecule has 4 aromatic rings. The number of thioether (sulfide) groups is 1. The van der Waals surface area contributed by atoms with Crippen molar-refractivity contribution in [2.45, 2.75) is 24.8 Å². The van der Waals surface area contributed by atoms with E-state index in [4.69, 9.17) is 0 Å². The van der Waals surface area contributed by atoms with Crippen LogP contribution in [-0.4, -0.2) is 24.7 Å². The molecule has 0 aliphatic heterocycles. The number of aromatic amines is 1. The molecule has 0 unspecified atom stereocenters. The van der Waals surface area contributed by atoms with Crippen molar-refractivity contribution in [1.82, 2.24) is 19.7 Å². The van der Waals surface area contributed by atoms with Crippen LogP contribution >= 0.6 is 11.8 Å². The fraction of sp³-hybridized carbons (Fsp3) is 0.150. The van der Waals surface area contributed by atoms with E-state index in [1.165, 1.54) is 30.1 Å². The van der Waals surface area contributed by atoms with E-state index in [9.17, 15) is 14.9 Å². The Morgan fingerprint density at radius 2 is 2.00 bits per heavy atom. The van der Waals surface area contributed by atoms with Crippen LogP contribution < -0.4 is 5.56 Å². The number of aromatic nitrogens is 4. The second-order valence-electron chi connectivity index (χ2n) is 6.60. The molecule has 146 valence electrons. The Labute approximate surface area is 169 Å². The lowest BCUT2D eigenvalue weighted by Gasteiger charge is -2.09. The molecule has 1 N–H and O–H groups in total. The van der Waals surface area contributed by atoms with Gasteiger partial charge in [-0.3, -0.25) is 14.9 Å². The minimum atomic E-state index is -0.427. The maximum Gasteiger partial charge on any atom is 0.269 e. The quantitative estimate of drug-likeness (QED) is 0.232. The smallest absolute Gasteiger partial charge is 0.269 e. The van der Waals surface area contributed by atoms with E-state index in [1.807, 2.05) is 32.0 Å². The van der Waals surface area contributed by atoms with Crippen LogP contribution in [0.15, 0.2) is 58.6 Å². The Morgan fingerprint density at radius 1 is 1.21 bits per heavy atom. The summed E-state index contributed by atoms with van der Waals surface area (Å²) >= 11 is 1.31. The molecule has 9 heteroatoms. The maximum absolute atomic E-state index is 12.5. The number of hydrogen-bond donors (Lipinski definition) is 1. The van der Waals surface area contributed by atoms with Gasteiger partial charge < -0.3 is 4.98 Å². The fourth-order valence-corrected chi connectivity index (χ4v) is 3.82. The third kappa shape index (κ3) is 3.64. The number of H-pyrrole nitrogens is 1. The SMILES string of the molecule is Cc1cccc(-n2ncc3c(=O)[nH]c(SCc4cccc([N+](=O)[O-])c4)nc32)c1C. The molecule has 0 aliphatic carbocycles. The molecule has 0 radical (unpaired) electrons. The molecular formula is C20H17N5O3S. The van der Waals surface area contributed by atoms with Crippen LogP contribution in [0, 0.1) is 24.0 Å². The van der Waals surface area contributed by atoms with Gasteiger partial charge in [-0.2, -0.15) is 5.10 Å². The molecule has 8 nitrogen and oxygen atoms in total. The summed E-state index contributed by atoms with van der Waals surface area (Å²) in [4.78, 5) is 30.4. The largest absolute Gasteiger partial charge is 0.301 e. The third-order valence-electron chi connectivity index (χ3n) is 4.72. The average Bonchev–Trinajstić information content (AvgIpc) is 3.13. The first-order valence-corrected chi connectivity index (χ1v) is 9.83. The average molecular weight is 407 g/mol. The number of fused-ring (bicyclic) bond motifs is 1. The number of nitro benzene ring substituents is 1. The van der Waals surface area contributed by atoms with Gasteiger partial charge in [0.1, 0.15) is 5.39 Å². The molecule has 0 fully saturated rings. The van der Waals surface area contributed by atoms with Crippen LogP contribution in [0.1, 0.15) is 16.7 Å². The third-order valence-corrected chi connectivity index (χ3v) is 5.66. The first-order chi connectivity index (χ1) is 13.9. The van der Waals surface area contributed by atoms with E-state index in [-0.39, 0.29) is 11.2 Å². The number of non-ortho nitro benzene ring substituents is 1. The number of nitrogens with one attached hydrogen (secondary N) is 1. The lowest BCUT2D eigenvalue weighted by Crippen LogP contribution is -2.10. The van der Waals surface area contributed by atoms with Crippen molar-refractivity contribution < 1.29 is 4.92 Å². The second kappa shape index (κ2) is 7.51. The highest BCUT2D eigenvalue weighted by Gasteiger charge is 2.14. The van der Waals surface area contributed by atoms with Gasteiger partial charge in [-0.05, 0) is 36.6 Å². The standard InChI is InChI=1S/C20H17N5O3S/c1-12-5-3-8-17(13(12)2)24-18-16(10-21-24)19(26)23-20(22-18)29-11-14-6-4-7-15(9-14)25(27)28/h3-10H,11H2,1-2H3,(H,22,23,26). The van der Waals surface area contributed by atoms with Crippen LogP contribution in [0.3, 0.4) is 0 Å². The topological polar surface area (TPSA) is 107 Å². The second-order valence-corrected chi connectivity index (χ2v) is 7.56. The number of hydrogen-bond acceptors (Lipinski definition) is 6. The monoisotopic (exact) mass is 407 g/mol. The van der Waals surface area contributed by atoms with Gasteiger partial charge in [0.25, 0.3) is 11.2 Å². The molecule has 0 saturated carbocycles. The predicted octanol–water partition coefficient (Wildman–Crippen LogP) is 3.93. The van der Waals surface area contributed by atoms with Gasteiger partial charge in [-0.25, -0.2) is 9.67 Å². The number of benzene rings is 2. The number of aryl methyl sites for hydroxylation is 1. The molecule has 0 bridgehead atoms. The zero-order chi connectivity index (χ0) is 20.5. The van der Waals surface area contributed by atoms with Crippen molar-refractivity contribution in [1.29, 1.82) is 0 Å². The van der Waals surface area contributed by atoms with E-state index in [0.717, 1.165) is 22.4 Å². The molecule has 29 heavy (non-hydrogen) atoms. The highest BCUT2D eigenvalue weighted by molar-refractivity contribution is 7.98. The van der Waals surface area contributed by atoms with Gasteiger partial charge in [0, 0.05) is 17.9 Å². The molecule has 0 spiro atoms. The summed E-state index contributed by atoms with van der Waals surface area (Å²) in [6.07, 6.45) is 1.51. The molecule has 0 saturated heterocycles. The van der Waals surface area contributed by atoms with Gasteiger partial charge in [0.15, 0.2) is 10.8 Å². The van der Waals surface area contributed by atoms with Gasteiger partial charge in [-0.1, -0.05) is 36.0 Å². The lowest BCUT2D eigenvalue weighted by molar-refractivity contribution is -0.384. The first kappa shape index (κ1) is 18.9. The summed E-state index contributed by atoms with van der Waals surface area (Å²) in [6.45, 7) is 4.02. The van der Waals surface area contributed by atoms with E-state index in [2.05, 4.69) is 15.1 Å². The van der Waals surface area contributed by atoms with E-state index in [0.29, 0.717) is 21.9 Å². The zero-order valence-electron chi connectivity index (χ0n) is 15.7. The van der Waals surface area contributed by atoms with Crippen molar-refractivity contribution in [2.24, 2.45) is 0 Å². The highest BCUT2D eigenvalue weighted by Crippen LogP contribution is 2.24. The van der Waals surface area contributed by atoms with Crippen LogP contribution in [-0.2, 0) is 5.75 Å². The van der Waals surface area contributed by atoms with Crippen LogP contribution in [0.25, 0.3) is 16.7 Å². The Kier molecular flexibility index (Phi) is 4.89. The molecule has 0 atom stereocenters. The first-order valence-electron chi connectivity index (χ1n) is 8.85. The Morgan fingerprint density at radius 3 is 2.79 bits per heavy atom. The van der Waals surface area contributed by atoms with Crippen molar-refractivity contribution >= 4 is 28.5 Å². The van der Waals surface area contributed by atoms with Crippen molar-refractivity contribution in [2.75, 3.05) is 0 Å². The molecule has 0 aliphatic rings. The molecule has 2 aromatic heterocycles. The van der Waals surface area contributed by atoms with Crippen LogP contribution in [0.5, 0.6) is 0 Å². The summed E-state index contributed by atoms with van der Waals surface area (Å²) in [7, 11) is 0. The molecule has 2 heterocycles. The number of nitrogens with zero attached hydrogens (tertiary/aromatic N) is 4. The van der Waals surface area contributed by atoms with Gasteiger partial charge in [0.2, 0.25) is 0 Å². The molecular weight excluding hydrogens is 390 g/mol. The van der Waals surface area contributed by atoms with E-state index in [1.54, 1.807) is 16.8 Å². The maximum atomic E-state index is 12.5. The summed E-state index contributed by atoms with van der Waals surface area (Å²) in [5, 5.41) is 16.1. The summed E-state index contributed by atoms with van der Waals surface area (Å²) < 4.78 is 1.67. The molecule has 2 aromatic carbocycles. The van der Waals surface area contributed by atoms with Gasteiger partial charge in [0.05, 0.1) is 16.8 Å². The Balaban J connectivity index is 1.70. The van der Waals surface area contributed by atoms with Crippen molar-refractivity contribution in [3.63, 3.8) is 0 Å². The summed E-state index contributed by atoms with van der Waals surface area (Å²) in [6, 6.07) is 12.3. The molecule has 4 rings (SSSR count). The fourth-order valence-electron chi connectivity index (χ4n) is 3.02. The lowest BCUT2D eigenvalue weighted by atomic mass is 10.1. The van der Waals surface area contributed by atoms with Crippen LogP contribution in [0.2, 0.25) is 0 Å². The van der Waals surface area contributed by atoms with E-state index < -0.39 is 4.92 Å². The zero-order valence-corrected chi connectivity index (χ0v) is 16.6. The number of rotatable bonds is 5. The highest BCUT2D eigenvalue weighted by atomic mass is 32.2. The van der Waals surface area contributed by atoms with Crippen LogP contribution in [0.4, 0.5) is 5.69 Å². The summed E-state index contributed by atoms with van der Waals surface area (Å²) in [5.74, 6) is 0.438. The summed E-state index contributed by atoms with van der Waals surface area (Å²) in [5.41, 5.74) is 4.06. The Bertz CT molecular complexity index is 1300. The van der Waals surface area contributed by atoms with E-state index >= 15 is 0 Å². The number of nitro groups is 1. The minimum absolute atomic E-state index is 0.0352. The molecule has 0 amide bonds. The van der Waals surface area contributed by atoms with Crippen molar-refractivity contribution in [3.8, 4) is 5.69 Å². The van der Waals surface area contributed by atoms with Crippen molar-refractivity contribution in [3.05, 3.63) is 85.8 Å². The normalized spacial score (nSPS) is 11.1. The minimum Gasteiger partial charge on any atom is -0.301 e. The predicted molar refractivity (Wildman–Crippen MR) is 112 cm³/mol. The Hall–Kier alpha value is -3.46. The van der Waals surface area contributed by atoms with Gasteiger partial charge in [-0.15, -0.1) is 0 Å². The van der Waals surface area contributed by atoms with Gasteiger partial charge >= 0.3 is 0 Å².